The predicted molar refractivity (Wildman–Crippen MR) is 164 cm³/mol. The van der Waals surface area contributed by atoms with Crippen LogP contribution in [0.4, 0.5) is 10.5 Å². The Labute approximate surface area is 243 Å². The number of ether oxygens (including phenoxy) is 1. The molecule has 2 N–H and O–H groups in total. The van der Waals surface area contributed by atoms with Gasteiger partial charge < -0.3 is 20.3 Å². The summed E-state index contributed by atoms with van der Waals surface area (Å²) in [7, 11) is 0. The van der Waals surface area contributed by atoms with Gasteiger partial charge in [0.15, 0.2) is 0 Å². The van der Waals surface area contributed by atoms with Crippen LogP contribution in [0.3, 0.4) is 0 Å². The Hall–Kier alpha value is -4.31. The molecule has 0 saturated heterocycles. The van der Waals surface area contributed by atoms with E-state index in [9.17, 15) is 14.4 Å². The summed E-state index contributed by atoms with van der Waals surface area (Å²) in [5.74, 6) is 2.25. The monoisotopic (exact) mass is 555 g/mol. The van der Waals surface area contributed by atoms with Crippen molar-refractivity contribution < 1.29 is 19.1 Å². The molecule has 0 spiro atoms. The lowest BCUT2D eigenvalue weighted by Crippen LogP contribution is -2.50. The smallest absolute Gasteiger partial charge is 0.408 e. The first-order valence-corrected chi connectivity index (χ1v) is 14.0. The van der Waals surface area contributed by atoms with Gasteiger partial charge in [0, 0.05) is 17.3 Å². The third-order valence-electron chi connectivity index (χ3n) is 6.64. The minimum Gasteiger partial charge on any atom is -0.444 e. The highest BCUT2D eigenvalue weighted by Crippen LogP contribution is 2.29. The van der Waals surface area contributed by atoms with Crippen LogP contribution in [0.25, 0.3) is 10.8 Å². The quantitative estimate of drug-likeness (QED) is 0.273. The van der Waals surface area contributed by atoms with Crippen LogP contribution in [0.2, 0.25) is 0 Å². The number of rotatable bonds is 10. The summed E-state index contributed by atoms with van der Waals surface area (Å²) in [6, 6.07) is 19.4. The zero-order chi connectivity index (χ0) is 30.2. The van der Waals surface area contributed by atoms with E-state index in [0.717, 1.165) is 17.2 Å². The van der Waals surface area contributed by atoms with Gasteiger partial charge in [-0.05, 0) is 87.1 Å². The predicted octanol–water partition coefficient (Wildman–Crippen LogP) is 6.68. The Morgan fingerprint density at radius 2 is 1.59 bits per heavy atom. The highest BCUT2D eigenvalue weighted by atomic mass is 16.6. The normalized spacial score (nSPS) is 12.7. The number of benzene rings is 3. The van der Waals surface area contributed by atoms with Gasteiger partial charge in [-0.1, -0.05) is 62.2 Å². The molecule has 0 aliphatic rings. The molecule has 2 atom stereocenters. The minimum atomic E-state index is -0.969. The fourth-order valence-electron chi connectivity index (χ4n) is 4.59. The van der Waals surface area contributed by atoms with Gasteiger partial charge in [-0.2, -0.15) is 0 Å². The van der Waals surface area contributed by atoms with Crippen molar-refractivity contribution in [2.75, 3.05) is 11.9 Å². The molecule has 0 radical (unpaired) electrons. The summed E-state index contributed by atoms with van der Waals surface area (Å²) in [6.07, 6.45) is 6.41. The summed E-state index contributed by atoms with van der Waals surface area (Å²) >= 11 is 0. The number of nitrogens with one attached hydrogen (secondary N) is 2. The van der Waals surface area contributed by atoms with Crippen LogP contribution < -0.4 is 10.6 Å². The molecular formula is C34H41N3O4. The maximum Gasteiger partial charge on any atom is 0.408 e. The van der Waals surface area contributed by atoms with Crippen LogP contribution in [0.15, 0.2) is 66.7 Å². The van der Waals surface area contributed by atoms with E-state index in [1.807, 2.05) is 49.4 Å². The molecule has 0 aromatic heterocycles. The van der Waals surface area contributed by atoms with Crippen molar-refractivity contribution in [2.45, 2.75) is 72.1 Å². The first-order valence-electron chi connectivity index (χ1n) is 14.0. The fraction of sp³-hybridized carbons (Fsp3) is 0.382. The van der Waals surface area contributed by atoms with E-state index in [1.54, 1.807) is 49.9 Å². The van der Waals surface area contributed by atoms with Crippen LogP contribution >= 0.6 is 0 Å². The van der Waals surface area contributed by atoms with Gasteiger partial charge in [-0.25, -0.2) is 4.79 Å². The number of anilines is 1. The number of hydrogen-bond donors (Lipinski definition) is 2. The molecule has 2 unspecified atom stereocenters. The third-order valence-corrected chi connectivity index (χ3v) is 6.64. The lowest BCUT2D eigenvalue weighted by atomic mass is 9.97. The average molecular weight is 556 g/mol. The van der Waals surface area contributed by atoms with E-state index >= 15 is 0 Å². The lowest BCUT2D eigenvalue weighted by molar-refractivity contribution is -0.140. The van der Waals surface area contributed by atoms with Crippen molar-refractivity contribution in [3.8, 4) is 12.3 Å². The summed E-state index contributed by atoms with van der Waals surface area (Å²) in [6.45, 7) is 11.1. The maximum atomic E-state index is 14.1. The van der Waals surface area contributed by atoms with Crippen LogP contribution in [-0.2, 0) is 14.3 Å². The molecule has 0 aliphatic carbocycles. The molecule has 0 saturated carbocycles. The molecule has 3 amide bonds. The Morgan fingerprint density at radius 1 is 0.927 bits per heavy atom. The highest BCUT2D eigenvalue weighted by molar-refractivity contribution is 6.00. The van der Waals surface area contributed by atoms with E-state index in [0.29, 0.717) is 29.2 Å². The Kier molecular flexibility index (Phi) is 10.5. The molecule has 3 aromatic carbocycles. The van der Waals surface area contributed by atoms with Gasteiger partial charge in [0.25, 0.3) is 5.91 Å². The van der Waals surface area contributed by atoms with E-state index in [2.05, 4.69) is 30.4 Å². The molecule has 0 bridgehead atoms. The zero-order valence-electron chi connectivity index (χ0n) is 24.9. The van der Waals surface area contributed by atoms with Crippen molar-refractivity contribution in [2.24, 2.45) is 5.92 Å². The molecule has 0 heterocycles. The molecule has 7 nitrogen and oxygen atoms in total. The average Bonchev–Trinajstić information content (AvgIpc) is 2.92. The van der Waals surface area contributed by atoms with E-state index in [4.69, 9.17) is 11.2 Å². The number of terminal acetylenes is 1. The summed E-state index contributed by atoms with van der Waals surface area (Å²) < 4.78 is 5.32. The van der Waals surface area contributed by atoms with E-state index < -0.39 is 23.6 Å². The summed E-state index contributed by atoms with van der Waals surface area (Å²) in [5, 5.41) is 7.63. The molecule has 41 heavy (non-hydrogen) atoms. The Morgan fingerprint density at radius 3 is 2.20 bits per heavy atom. The van der Waals surface area contributed by atoms with Gasteiger partial charge in [0.1, 0.15) is 18.2 Å². The summed E-state index contributed by atoms with van der Waals surface area (Å²) in [5.41, 5.74) is 1.19. The number of amides is 3. The van der Waals surface area contributed by atoms with E-state index in [-0.39, 0.29) is 18.5 Å². The highest BCUT2D eigenvalue weighted by Gasteiger charge is 2.35. The first kappa shape index (κ1) is 31.2. The molecule has 3 rings (SSSR count). The van der Waals surface area contributed by atoms with Gasteiger partial charge in [0.05, 0.1) is 0 Å². The molecule has 216 valence electrons. The van der Waals surface area contributed by atoms with Gasteiger partial charge >= 0.3 is 6.09 Å². The molecule has 7 heteroatoms. The van der Waals surface area contributed by atoms with E-state index in [1.165, 1.54) is 0 Å². The number of carbonyl (C=O) groups is 3. The van der Waals surface area contributed by atoms with Crippen LogP contribution in [-0.4, -0.2) is 41.0 Å². The second kappa shape index (κ2) is 13.8. The van der Waals surface area contributed by atoms with Crippen molar-refractivity contribution in [1.82, 2.24) is 10.2 Å². The fourth-order valence-corrected chi connectivity index (χ4v) is 4.59. The SMILES string of the molecule is C#Cc1ccc(C(C(=O)Nc2ccc3ccccc3c2)N(C(=O)CNC(=O)OC(C)(C)C)C(C)CCC(C)C)cc1. The molecule has 0 aliphatic heterocycles. The molecule has 0 fully saturated rings. The van der Waals surface area contributed by atoms with Crippen molar-refractivity contribution in [1.29, 1.82) is 0 Å². The van der Waals surface area contributed by atoms with Gasteiger partial charge in [0.2, 0.25) is 5.91 Å². The van der Waals surface area contributed by atoms with Crippen molar-refractivity contribution in [3.05, 3.63) is 77.9 Å². The number of hydrogen-bond acceptors (Lipinski definition) is 4. The summed E-state index contributed by atoms with van der Waals surface area (Å²) in [4.78, 5) is 41.8. The standard InChI is InChI=1S/C34H41N3O4/c1-8-25-15-17-27(18-16-25)31(32(39)36-29-20-19-26-11-9-10-12-28(26)21-29)37(24(4)14-13-23(2)3)30(38)22-35-33(40)41-34(5,6)7/h1,9-12,15-21,23-24,31H,13-14,22H2,2-7H3,(H,35,40)(H,36,39). The Bertz CT molecular complexity index is 1400. The van der Waals surface area contributed by atoms with Crippen LogP contribution in [0, 0.1) is 18.3 Å². The number of carbonyl (C=O) groups excluding carboxylic acids is 3. The topological polar surface area (TPSA) is 87.7 Å². The largest absolute Gasteiger partial charge is 0.444 e. The van der Waals surface area contributed by atoms with Gasteiger partial charge in [-0.3, -0.25) is 9.59 Å². The van der Waals surface area contributed by atoms with Crippen molar-refractivity contribution >= 4 is 34.4 Å². The maximum absolute atomic E-state index is 14.1. The van der Waals surface area contributed by atoms with Gasteiger partial charge in [-0.15, -0.1) is 6.42 Å². The number of fused-ring (bicyclic) bond motifs is 1. The first-order chi connectivity index (χ1) is 19.4. The molecule has 3 aromatic rings. The number of alkyl carbamates (subject to hydrolysis) is 1. The molecular weight excluding hydrogens is 514 g/mol. The Balaban J connectivity index is 1.99. The van der Waals surface area contributed by atoms with Crippen LogP contribution in [0.1, 0.15) is 71.6 Å². The lowest BCUT2D eigenvalue weighted by Gasteiger charge is -2.36. The minimum absolute atomic E-state index is 0.301. The number of nitrogens with zero attached hydrogens (tertiary/aromatic N) is 1. The van der Waals surface area contributed by atoms with Crippen LogP contribution in [0.5, 0.6) is 0 Å². The van der Waals surface area contributed by atoms with Crippen molar-refractivity contribution in [3.63, 3.8) is 0 Å². The second-order valence-electron chi connectivity index (χ2n) is 11.7. The third kappa shape index (κ3) is 9.11. The second-order valence-corrected chi connectivity index (χ2v) is 11.7. The zero-order valence-corrected chi connectivity index (χ0v) is 24.9.